The Bertz CT molecular complexity index is 555. The van der Waals surface area contributed by atoms with Gasteiger partial charge in [-0.25, -0.2) is 8.42 Å². The van der Waals surface area contributed by atoms with E-state index in [0.29, 0.717) is 4.90 Å². The second-order valence-corrected chi connectivity index (χ2v) is 8.28. The third kappa shape index (κ3) is 2.56. The van der Waals surface area contributed by atoms with Crippen molar-refractivity contribution in [2.75, 3.05) is 0 Å². The van der Waals surface area contributed by atoms with Gasteiger partial charge < -0.3 is 0 Å². The minimum atomic E-state index is -3.34. The molecule has 0 N–H and O–H groups in total. The Kier molecular flexibility index (Phi) is 3.52. The maximum absolute atomic E-state index is 12.7. The Hall–Kier alpha value is -0.870. The number of rotatable bonds is 3. The van der Waals surface area contributed by atoms with E-state index in [9.17, 15) is 8.42 Å². The lowest BCUT2D eigenvalue weighted by atomic mass is 9.89. The van der Waals surface area contributed by atoms with E-state index in [0.717, 1.165) is 12.0 Å². The largest absolute Gasteiger partial charge is 0.243 e. The lowest BCUT2D eigenvalue weighted by Gasteiger charge is -2.18. The fourth-order valence-electron chi connectivity index (χ4n) is 2.78. The van der Waals surface area contributed by atoms with Crippen LogP contribution in [0.15, 0.2) is 29.2 Å². The quantitative estimate of drug-likeness (QED) is 0.798. The molecule has 1 aliphatic heterocycles. The monoisotopic (exact) mass is 281 g/mol. The van der Waals surface area contributed by atoms with Crippen molar-refractivity contribution < 1.29 is 8.42 Å². The van der Waals surface area contributed by atoms with E-state index < -0.39 is 10.0 Å². The molecule has 3 atom stereocenters. The molecule has 0 bridgehead atoms. The third-order valence-electron chi connectivity index (χ3n) is 3.78. The Morgan fingerprint density at radius 1 is 1.16 bits per heavy atom. The molecule has 1 heterocycles. The average molecular weight is 281 g/mol. The Labute approximate surface area is 116 Å². The highest BCUT2D eigenvalue weighted by atomic mass is 32.2. The maximum Gasteiger partial charge on any atom is 0.243 e. The molecule has 0 radical (unpaired) electrons. The molecule has 1 aromatic rings. The molecule has 1 fully saturated rings. The van der Waals surface area contributed by atoms with E-state index in [4.69, 9.17) is 0 Å². The van der Waals surface area contributed by atoms with Gasteiger partial charge in [-0.3, -0.25) is 0 Å². The van der Waals surface area contributed by atoms with Crippen LogP contribution in [0.2, 0.25) is 0 Å². The first kappa shape index (κ1) is 14.5. The highest BCUT2D eigenvalue weighted by Crippen LogP contribution is 2.47. The van der Waals surface area contributed by atoms with Gasteiger partial charge >= 0.3 is 0 Å². The molecule has 1 unspecified atom stereocenters. The zero-order valence-corrected chi connectivity index (χ0v) is 13.2. The molecular weight excluding hydrogens is 258 g/mol. The maximum atomic E-state index is 12.7. The van der Waals surface area contributed by atoms with Gasteiger partial charge in [-0.05, 0) is 30.9 Å². The molecule has 0 saturated carbocycles. The van der Waals surface area contributed by atoms with Gasteiger partial charge in [0.2, 0.25) is 10.0 Å². The summed E-state index contributed by atoms with van der Waals surface area (Å²) >= 11 is 0. The molecule has 3 nitrogen and oxygen atoms in total. The molecule has 19 heavy (non-hydrogen) atoms. The number of hydrogen-bond donors (Lipinski definition) is 0. The van der Waals surface area contributed by atoms with Crippen molar-refractivity contribution in [2.24, 2.45) is 5.41 Å². The molecule has 0 aliphatic carbocycles. The van der Waals surface area contributed by atoms with Crippen molar-refractivity contribution in [3.05, 3.63) is 29.8 Å². The van der Waals surface area contributed by atoms with Crippen molar-refractivity contribution in [2.45, 2.75) is 58.0 Å². The minimum absolute atomic E-state index is 0.0154. The molecular formula is C15H23NO2S. The number of hydrogen-bond acceptors (Lipinski definition) is 2. The Balaban J connectivity index is 2.34. The molecule has 1 saturated heterocycles. The van der Waals surface area contributed by atoms with Crippen LogP contribution in [0.3, 0.4) is 0 Å². The molecule has 0 spiro atoms. The topological polar surface area (TPSA) is 37.1 Å². The molecule has 0 aromatic heterocycles. The smallest absolute Gasteiger partial charge is 0.207 e. The first-order valence-electron chi connectivity index (χ1n) is 6.80. The SMILES string of the molecule is CC[C@H]1[C@@H](C(C)(C)C)N1S(=O)(=O)c1ccc(C)cc1. The normalized spacial score (nSPS) is 27.3. The van der Waals surface area contributed by atoms with Gasteiger partial charge in [0, 0.05) is 12.1 Å². The van der Waals surface area contributed by atoms with Crippen LogP contribution < -0.4 is 0 Å². The third-order valence-corrected chi connectivity index (χ3v) is 5.70. The van der Waals surface area contributed by atoms with Crippen molar-refractivity contribution in [1.82, 2.24) is 4.31 Å². The zero-order valence-electron chi connectivity index (χ0n) is 12.3. The van der Waals surface area contributed by atoms with Crippen LogP contribution in [0, 0.1) is 12.3 Å². The van der Waals surface area contributed by atoms with Crippen molar-refractivity contribution in [3.8, 4) is 0 Å². The summed E-state index contributed by atoms with van der Waals surface area (Å²) in [4.78, 5) is 0.406. The van der Waals surface area contributed by atoms with E-state index in [1.54, 1.807) is 16.4 Å². The predicted molar refractivity (Wildman–Crippen MR) is 77.5 cm³/mol. The second-order valence-electron chi connectivity index (χ2n) is 6.43. The number of aryl methyl sites for hydroxylation is 1. The first-order chi connectivity index (χ1) is 8.69. The molecule has 0 amide bonds. The summed E-state index contributed by atoms with van der Waals surface area (Å²) in [7, 11) is -3.34. The highest BCUT2D eigenvalue weighted by Gasteiger charge is 2.58. The van der Waals surface area contributed by atoms with Gasteiger partial charge in [-0.1, -0.05) is 45.4 Å². The van der Waals surface area contributed by atoms with Crippen molar-refractivity contribution >= 4 is 10.0 Å². The Morgan fingerprint density at radius 3 is 2.05 bits per heavy atom. The molecule has 1 aliphatic rings. The number of nitrogens with zero attached hydrogens (tertiary/aromatic N) is 1. The van der Waals surface area contributed by atoms with Crippen LogP contribution in [-0.2, 0) is 10.0 Å². The standard InChI is InChI=1S/C15H23NO2S/c1-6-13-14(15(3,4)5)16(13)19(17,18)12-9-7-11(2)8-10-12/h7-10,13-14H,6H2,1-5H3/t13-,14-,16?/m0/s1. The summed E-state index contributed by atoms with van der Waals surface area (Å²) in [6, 6.07) is 7.37. The van der Waals surface area contributed by atoms with Gasteiger partial charge in [-0.2, -0.15) is 4.31 Å². The van der Waals surface area contributed by atoms with E-state index in [1.165, 1.54) is 0 Å². The van der Waals surface area contributed by atoms with Crippen LogP contribution in [0.25, 0.3) is 0 Å². The summed E-state index contributed by atoms with van der Waals surface area (Å²) < 4.78 is 27.0. The van der Waals surface area contributed by atoms with Gasteiger partial charge in [0.15, 0.2) is 0 Å². The lowest BCUT2D eigenvalue weighted by molar-refractivity contribution is 0.368. The molecule has 2 rings (SSSR count). The summed E-state index contributed by atoms with van der Waals surface area (Å²) in [6.07, 6.45) is 0.868. The summed E-state index contributed by atoms with van der Waals surface area (Å²) in [6.45, 7) is 10.3. The van der Waals surface area contributed by atoms with E-state index in [2.05, 4.69) is 20.8 Å². The van der Waals surface area contributed by atoms with Crippen LogP contribution in [0.4, 0.5) is 0 Å². The number of benzene rings is 1. The average Bonchev–Trinajstić information content (AvgIpc) is 3.04. The van der Waals surface area contributed by atoms with Crippen LogP contribution >= 0.6 is 0 Å². The van der Waals surface area contributed by atoms with Gasteiger partial charge in [-0.15, -0.1) is 0 Å². The van der Waals surface area contributed by atoms with Crippen LogP contribution in [-0.4, -0.2) is 24.8 Å². The molecule has 106 valence electrons. The van der Waals surface area contributed by atoms with Crippen molar-refractivity contribution in [1.29, 1.82) is 0 Å². The van der Waals surface area contributed by atoms with Crippen LogP contribution in [0.5, 0.6) is 0 Å². The summed E-state index contributed by atoms with van der Waals surface area (Å²) in [5.41, 5.74) is 1.06. The summed E-state index contributed by atoms with van der Waals surface area (Å²) in [5.74, 6) is 0. The van der Waals surface area contributed by atoms with Crippen molar-refractivity contribution in [3.63, 3.8) is 0 Å². The van der Waals surface area contributed by atoms with E-state index in [-0.39, 0.29) is 17.5 Å². The van der Waals surface area contributed by atoms with Gasteiger partial charge in [0.25, 0.3) is 0 Å². The highest BCUT2D eigenvalue weighted by molar-refractivity contribution is 7.89. The van der Waals surface area contributed by atoms with E-state index >= 15 is 0 Å². The number of sulfonamides is 1. The predicted octanol–water partition coefficient (Wildman–Crippen LogP) is 3.19. The van der Waals surface area contributed by atoms with E-state index in [1.807, 2.05) is 26.0 Å². The van der Waals surface area contributed by atoms with Crippen LogP contribution in [0.1, 0.15) is 39.7 Å². The fourth-order valence-corrected chi connectivity index (χ4v) is 4.82. The zero-order chi connectivity index (χ0) is 14.4. The van der Waals surface area contributed by atoms with Gasteiger partial charge in [0.1, 0.15) is 0 Å². The summed E-state index contributed by atoms with van der Waals surface area (Å²) in [5, 5.41) is 0. The second kappa shape index (κ2) is 4.60. The minimum Gasteiger partial charge on any atom is -0.207 e. The van der Waals surface area contributed by atoms with Gasteiger partial charge in [0.05, 0.1) is 4.90 Å². The first-order valence-corrected chi connectivity index (χ1v) is 8.24. The molecule has 1 aromatic carbocycles. The lowest BCUT2D eigenvalue weighted by Crippen LogP contribution is -2.23. The molecule has 4 heteroatoms. The fraction of sp³-hybridized carbons (Fsp3) is 0.600. The Morgan fingerprint density at radius 2 is 1.68 bits per heavy atom.